The topological polar surface area (TPSA) is 53.7 Å². The zero-order valence-corrected chi connectivity index (χ0v) is 7.56. The van der Waals surface area contributed by atoms with Crippen LogP contribution in [-0.4, -0.2) is 29.6 Å². The molecular formula is C9H13NO3. The Bertz CT molecular complexity index is 256. The molecule has 1 rings (SSSR count). The van der Waals surface area contributed by atoms with Gasteiger partial charge in [-0.05, 0) is 13.1 Å². The van der Waals surface area contributed by atoms with Crippen LogP contribution in [-0.2, 0) is 11.3 Å². The maximum atomic E-state index is 10.3. The zero-order chi connectivity index (χ0) is 9.68. The van der Waals surface area contributed by atoms with Crippen LogP contribution < -0.4 is 0 Å². The van der Waals surface area contributed by atoms with Crippen molar-refractivity contribution < 1.29 is 14.3 Å². The van der Waals surface area contributed by atoms with Gasteiger partial charge in [0, 0.05) is 18.7 Å². The molecule has 0 bridgehead atoms. The third kappa shape index (κ3) is 3.75. The lowest BCUT2D eigenvalue weighted by molar-refractivity contribution is -0.137. The van der Waals surface area contributed by atoms with E-state index in [0.29, 0.717) is 6.54 Å². The molecule has 0 aromatic carbocycles. The fraction of sp³-hybridized carbons (Fsp3) is 0.444. The fourth-order valence-electron chi connectivity index (χ4n) is 1.06. The molecule has 13 heavy (non-hydrogen) atoms. The zero-order valence-electron chi connectivity index (χ0n) is 7.56. The molecule has 4 heteroatoms. The van der Waals surface area contributed by atoms with Crippen molar-refractivity contribution in [2.75, 3.05) is 13.6 Å². The largest absolute Gasteiger partial charge is 0.481 e. The molecule has 0 spiro atoms. The molecule has 0 amide bonds. The Morgan fingerprint density at radius 2 is 2.46 bits per heavy atom. The predicted octanol–water partition coefficient (Wildman–Crippen LogP) is 1.19. The predicted molar refractivity (Wildman–Crippen MR) is 47.3 cm³/mol. The Morgan fingerprint density at radius 1 is 1.69 bits per heavy atom. The third-order valence-corrected chi connectivity index (χ3v) is 1.74. The number of carboxylic acids is 1. The molecule has 4 nitrogen and oxygen atoms in total. The minimum absolute atomic E-state index is 0.175. The van der Waals surface area contributed by atoms with Gasteiger partial charge in [-0.3, -0.25) is 4.79 Å². The van der Waals surface area contributed by atoms with Gasteiger partial charge in [0.25, 0.3) is 0 Å². The monoisotopic (exact) mass is 183 g/mol. The van der Waals surface area contributed by atoms with E-state index in [9.17, 15) is 4.79 Å². The molecule has 0 aliphatic heterocycles. The summed E-state index contributed by atoms with van der Waals surface area (Å²) in [5.41, 5.74) is 1.06. The van der Waals surface area contributed by atoms with E-state index in [2.05, 4.69) is 0 Å². The number of furan rings is 1. The van der Waals surface area contributed by atoms with Crippen LogP contribution in [0.4, 0.5) is 0 Å². The van der Waals surface area contributed by atoms with Crippen LogP contribution in [0.3, 0.4) is 0 Å². The highest BCUT2D eigenvalue weighted by atomic mass is 16.4. The van der Waals surface area contributed by atoms with Crippen LogP contribution in [0, 0.1) is 0 Å². The molecule has 1 heterocycles. The summed E-state index contributed by atoms with van der Waals surface area (Å²) >= 11 is 0. The molecule has 0 aliphatic rings. The van der Waals surface area contributed by atoms with Gasteiger partial charge in [0.05, 0.1) is 18.9 Å². The van der Waals surface area contributed by atoms with Crippen LogP contribution in [0.25, 0.3) is 0 Å². The SMILES string of the molecule is CN(CCC(=O)O)Cc1ccoc1. The smallest absolute Gasteiger partial charge is 0.304 e. The number of hydrogen-bond acceptors (Lipinski definition) is 3. The number of hydrogen-bond donors (Lipinski definition) is 1. The van der Waals surface area contributed by atoms with Crippen molar-refractivity contribution in [2.24, 2.45) is 0 Å². The van der Waals surface area contributed by atoms with E-state index >= 15 is 0 Å². The average Bonchev–Trinajstić information content (AvgIpc) is 2.53. The van der Waals surface area contributed by atoms with Gasteiger partial charge in [0.1, 0.15) is 0 Å². The van der Waals surface area contributed by atoms with E-state index in [0.717, 1.165) is 12.1 Å². The molecule has 0 atom stereocenters. The van der Waals surface area contributed by atoms with Crippen LogP contribution in [0.5, 0.6) is 0 Å². The van der Waals surface area contributed by atoms with Gasteiger partial charge in [0.2, 0.25) is 0 Å². The maximum Gasteiger partial charge on any atom is 0.304 e. The van der Waals surface area contributed by atoms with Crippen LogP contribution in [0.2, 0.25) is 0 Å². The summed E-state index contributed by atoms with van der Waals surface area (Å²) in [6, 6.07) is 1.87. The second kappa shape index (κ2) is 4.67. The Hall–Kier alpha value is -1.29. The first kappa shape index (κ1) is 9.80. The molecule has 1 aromatic heterocycles. The third-order valence-electron chi connectivity index (χ3n) is 1.74. The van der Waals surface area contributed by atoms with Crippen molar-refractivity contribution >= 4 is 5.97 Å². The van der Waals surface area contributed by atoms with Gasteiger partial charge in [-0.2, -0.15) is 0 Å². The Morgan fingerprint density at radius 3 is 3.00 bits per heavy atom. The molecule has 0 fully saturated rings. The highest BCUT2D eigenvalue weighted by molar-refractivity contribution is 5.66. The lowest BCUT2D eigenvalue weighted by atomic mass is 10.3. The van der Waals surface area contributed by atoms with Gasteiger partial charge in [-0.25, -0.2) is 0 Å². The van der Waals surface area contributed by atoms with E-state index in [1.54, 1.807) is 12.5 Å². The van der Waals surface area contributed by atoms with E-state index < -0.39 is 5.97 Å². The van der Waals surface area contributed by atoms with Crippen molar-refractivity contribution in [3.63, 3.8) is 0 Å². The van der Waals surface area contributed by atoms with E-state index in [1.807, 2.05) is 18.0 Å². The minimum atomic E-state index is -0.765. The Balaban J connectivity index is 2.25. The first-order chi connectivity index (χ1) is 6.18. The fourth-order valence-corrected chi connectivity index (χ4v) is 1.06. The van der Waals surface area contributed by atoms with Gasteiger partial charge < -0.3 is 14.4 Å². The van der Waals surface area contributed by atoms with E-state index in [4.69, 9.17) is 9.52 Å². The number of aliphatic carboxylic acids is 1. The molecule has 1 aromatic rings. The van der Waals surface area contributed by atoms with Crippen molar-refractivity contribution in [3.8, 4) is 0 Å². The Kier molecular flexibility index (Phi) is 3.52. The van der Waals surface area contributed by atoms with E-state index in [1.165, 1.54) is 0 Å². The molecule has 0 unspecified atom stereocenters. The van der Waals surface area contributed by atoms with Crippen molar-refractivity contribution in [2.45, 2.75) is 13.0 Å². The molecule has 72 valence electrons. The molecular weight excluding hydrogens is 170 g/mol. The number of carbonyl (C=O) groups is 1. The van der Waals surface area contributed by atoms with Gasteiger partial charge >= 0.3 is 5.97 Å². The van der Waals surface area contributed by atoms with Crippen molar-refractivity contribution in [1.29, 1.82) is 0 Å². The first-order valence-corrected chi connectivity index (χ1v) is 4.10. The van der Waals surface area contributed by atoms with Crippen LogP contribution >= 0.6 is 0 Å². The summed E-state index contributed by atoms with van der Waals surface area (Å²) in [6.45, 7) is 1.28. The van der Waals surface area contributed by atoms with Crippen LogP contribution in [0.1, 0.15) is 12.0 Å². The second-order valence-corrected chi connectivity index (χ2v) is 3.01. The summed E-state index contributed by atoms with van der Waals surface area (Å²) in [5, 5.41) is 8.44. The normalized spacial score (nSPS) is 10.6. The van der Waals surface area contributed by atoms with E-state index in [-0.39, 0.29) is 6.42 Å². The van der Waals surface area contributed by atoms with Gasteiger partial charge in [-0.1, -0.05) is 0 Å². The maximum absolute atomic E-state index is 10.3. The standard InChI is InChI=1S/C9H13NO3/c1-10(4-2-9(11)12)6-8-3-5-13-7-8/h3,5,7H,2,4,6H2,1H3,(H,11,12). The van der Waals surface area contributed by atoms with Crippen LogP contribution in [0.15, 0.2) is 23.0 Å². The summed E-state index contributed by atoms with van der Waals surface area (Å²) in [7, 11) is 1.88. The second-order valence-electron chi connectivity index (χ2n) is 3.01. The number of nitrogens with zero attached hydrogens (tertiary/aromatic N) is 1. The molecule has 0 saturated carbocycles. The number of rotatable bonds is 5. The lowest BCUT2D eigenvalue weighted by Gasteiger charge is -2.13. The summed E-state index contributed by atoms with van der Waals surface area (Å²) in [6.07, 6.45) is 3.45. The number of carboxylic acid groups (broad SMARTS) is 1. The highest BCUT2D eigenvalue weighted by Gasteiger charge is 2.03. The molecule has 0 radical (unpaired) electrons. The average molecular weight is 183 g/mol. The van der Waals surface area contributed by atoms with Crippen molar-refractivity contribution in [1.82, 2.24) is 4.90 Å². The van der Waals surface area contributed by atoms with Crippen molar-refractivity contribution in [3.05, 3.63) is 24.2 Å². The Labute approximate surface area is 76.8 Å². The molecule has 0 saturated heterocycles. The summed E-state index contributed by atoms with van der Waals surface area (Å²) < 4.78 is 4.90. The quantitative estimate of drug-likeness (QED) is 0.744. The van der Waals surface area contributed by atoms with Gasteiger partial charge in [-0.15, -0.1) is 0 Å². The molecule has 0 aliphatic carbocycles. The minimum Gasteiger partial charge on any atom is -0.481 e. The molecule has 1 N–H and O–H groups in total. The van der Waals surface area contributed by atoms with Gasteiger partial charge in [0.15, 0.2) is 0 Å². The highest BCUT2D eigenvalue weighted by Crippen LogP contribution is 2.03. The lowest BCUT2D eigenvalue weighted by Crippen LogP contribution is -2.20. The summed E-state index contributed by atoms with van der Waals surface area (Å²) in [4.78, 5) is 12.2. The first-order valence-electron chi connectivity index (χ1n) is 4.10. The summed E-state index contributed by atoms with van der Waals surface area (Å²) in [5.74, 6) is -0.765.